The van der Waals surface area contributed by atoms with Crippen molar-refractivity contribution in [2.75, 3.05) is 20.1 Å². The highest BCUT2D eigenvalue weighted by Crippen LogP contribution is 2.38. The van der Waals surface area contributed by atoms with Crippen LogP contribution in [0.2, 0.25) is 0 Å². The summed E-state index contributed by atoms with van der Waals surface area (Å²) < 4.78 is 26.6. The molecule has 0 amide bonds. The number of piperidine rings is 1. The van der Waals surface area contributed by atoms with Gasteiger partial charge in [-0.05, 0) is 57.1 Å². The SMILES string of the molecule is CC(/C=C(\N)NC1CCCN(C)C1)=C(/N)c1ccc(C(F)(F)P)cc1O. The Morgan fingerprint density at radius 1 is 1.42 bits per heavy atom. The molecule has 0 radical (unpaired) electrons. The molecule has 0 aliphatic carbocycles. The monoisotopic (exact) mass is 384 g/mol. The summed E-state index contributed by atoms with van der Waals surface area (Å²) in [5, 5.41) is 13.3. The Labute approximate surface area is 155 Å². The summed E-state index contributed by atoms with van der Waals surface area (Å²) in [5.74, 6) is 0.189. The lowest BCUT2D eigenvalue weighted by atomic mass is 10.0. The van der Waals surface area contributed by atoms with Crippen molar-refractivity contribution in [2.45, 2.75) is 31.5 Å². The summed E-state index contributed by atoms with van der Waals surface area (Å²) >= 11 is 0. The van der Waals surface area contributed by atoms with Gasteiger partial charge in [0, 0.05) is 29.4 Å². The highest BCUT2D eigenvalue weighted by Gasteiger charge is 2.25. The molecule has 1 aliphatic rings. The zero-order chi connectivity index (χ0) is 19.5. The minimum Gasteiger partial charge on any atom is -0.507 e. The van der Waals surface area contributed by atoms with Crippen molar-refractivity contribution in [1.82, 2.24) is 10.2 Å². The third kappa shape index (κ3) is 5.32. The molecule has 0 bridgehead atoms. The zero-order valence-electron chi connectivity index (χ0n) is 15.1. The molecule has 2 atom stereocenters. The van der Waals surface area contributed by atoms with Gasteiger partial charge < -0.3 is 26.8 Å². The number of phenols is 1. The van der Waals surface area contributed by atoms with Crippen LogP contribution in [0.15, 0.2) is 35.7 Å². The van der Waals surface area contributed by atoms with Gasteiger partial charge in [-0.25, -0.2) is 0 Å². The number of likely N-dealkylation sites (N-methyl/N-ethyl adjacent to an activating group) is 1. The smallest absolute Gasteiger partial charge is 0.284 e. The summed E-state index contributed by atoms with van der Waals surface area (Å²) in [6.45, 7) is 3.75. The van der Waals surface area contributed by atoms with Gasteiger partial charge in [0.25, 0.3) is 5.66 Å². The first-order valence-electron chi connectivity index (χ1n) is 8.47. The number of benzene rings is 1. The summed E-state index contributed by atoms with van der Waals surface area (Å²) in [5.41, 5.74) is 9.97. The second-order valence-electron chi connectivity index (χ2n) is 6.80. The largest absolute Gasteiger partial charge is 0.507 e. The van der Waals surface area contributed by atoms with Crippen LogP contribution in [-0.2, 0) is 5.66 Å². The van der Waals surface area contributed by atoms with E-state index in [1.54, 1.807) is 13.0 Å². The van der Waals surface area contributed by atoms with E-state index in [0.717, 1.165) is 32.0 Å². The lowest BCUT2D eigenvalue weighted by Gasteiger charge is -2.30. The Morgan fingerprint density at radius 3 is 2.69 bits per heavy atom. The molecule has 1 aromatic rings. The van der Waals surface area contributed by atoms with E-state index in [9.17, 15) is 13.9 Å². The van der Waals surface area contributed by atoms with Gasteiger partial charge in [0.1, 0.15) is 5.75 Å². The Bertz CT molecular complexity index is 716. The molecule has 144 valence electrons. The molecule has 0 aromatic heterocycles. The van der Waals surface area contributed by atoms with Crippen LogP contribution in [0.5, 0.6) is 5.75 Å². The number of hydrogen-bond donors (Lipinski definition) is 4. The van der Waals surface area contributed by atoms with E-state index in [-0.39, 0.29) is 23.1 Å². The minimum atomic E-state index is -3.11. The maximum Gasteiger partial charge on any atom is 0.284 e. The van der Waals surface area contributed by atoms with Gasteiger partial charge in [-0.2, -0.15) is 8.78 Å². The fraction of sp³-hybridized carbons (Fsp3) is 0.444. The quantitative estimate of drug-likeness (QED) is 0.463. The van der Waals surface area contributed by atoms with Crippen molar-refractivity contribution in [1.29, 1.82) is 0 Å². The summed E-state index contributed by atoms with van der Waals surface area (Å²) in [6.07, 6.45) is 3.85. The molecule has 8 heteroatoms. The molecule has 2 rings (SSSR count). The maximum atomic E-state index is 13.3. The number of aromatic hydroxyl groups is 1. The van der Waals surface area contributed by atoms with Crippen molar-refractivity contribution >= 4 is 14.9 Å². The standard InChI is InChI=1S/C18H27F2N4OP/c1-11(8-16(21)23-13-4-3-7-24(2)10-13)17(22)14-6-5-12(9-15(14)25)18(19,20)26/h5-6,8-9,13,23,25H,3-4,7,10,21-22,26H2,1-2H3/b16-8+,17-11-. The molecule has 26 heavy (non-hydrogen) atoms. The molecule has 1 aliphatic heterocycles. The normalized spacial score (nSPS) is 20.7. The van der Waals surface area contributed by atoms with Gasteiger partial charge in [-0.1, -0.05) is 15.3 Å². The van der Waals surface area contributed by atoms with Gasteiger partial charge in [0.05, 0.1) is 5.82 Å². The number of alkyl halides is 2. The van der Waals surface area contributed by atoms with Crippen LogP contribution in [0.4, 0.5) is 8.78 Å². The molecule has 1 aromatic carbocycles. The van der Waals surface area contributed by atoms with Crippen LogP contribution < -0.4 is 16.8 Å². The van der Waals surface area contributed by atoms with E-state index in [1.165, 1.54) is 21.4 Å². The summed E-state index contributed by atoms with van der Waals surface area (Å²) in [4.78, 5) is 2.24. The number of rotatable bonds is 5. The third-order valence-corrected chi connectivity index (χ3v) is 4.80. The van der Waals surface area contributed by atoms with Crippen molar-refractivity contribution in [2.24, 2.45) is 11.5 Å². The molecule has 0 saturated carbocycles. The number of phenolic OH excluding ortho intramolecular Hbond substituents is 1. The molecule has 1 heterocycles. The Kier molecular flexibility index (Phi) is 6.48. The lowest BCUT2D eigenvalue weighted by molar-refractivity contribution is 0.103. The predicted octanol–water partition coefficient (Wildman–Crippen LogP) is 2.49. The highest BCUT2D eigenvalue weighted by atomic mass is 31.0. The topological polar surface area (TPSA) is 87.5 Å². The number of halogens is 2. The van der Waals surface area contributed by atoms with Crippen molar-refractivity contribution in [3.63, 3.8) is 0 Å². The lowest BCUT2D eigenvalue weighted by Crippen LogP contribution is -2.44. The zero-order valence-corrected chi connectivity index (χ0v) is 16.3. The van der Waals surface area contributed by atoms with Gasteiger partial charge in [-0.3, -0.25) is 0 Å². The van der Waals surface area contributed by atoms with Crippen LogP contribution in [0, 0.1) is 0 Å². The summed E-state index contributed by atoms with van der Waals surface area (Å²) in [7, 11) is 3.51. The number of nitrogens with two attached hydrogens (primary N) is 2. The van der Waals surface area contributed by atoms with Gasteiger partial charge in [0.15, 0.2) is 0 Å². The van der Waals surface area contributed by atoms with Crippen molar-refractivity contribution < 1.29 is 13.9 Å². The Morgan fingerprint density at radius 2 is 2.12 bits per heavy atom. The van der Waals surface area contributed by atoms with Crippen LogP contribution in [-0.4, -0.2) is 36.2 Å². The third-order valence-electron chi connectivity index (χ3n) is 4.46. The average molecular weight is 384 g/mol. The maximum absolute atomic E-state index is 13.3. The Hall–Kier alpha value is -1.85. The Balaban J connectivity index is 2.17. The van der Waals surface area contributed by atoms with Crippen LogP contribution >= 0.6 is 9.24 Å². The highest BCUT2D eigenvalue weighted by molar-refractivity contribution is 7.17. The second kappa shape index (κ2) is 8.23. The van der Waals surface area contributed by atoms with Crippen LogP contribution in [0.1, 0.15) is 30.9 Å². The second-order valence-corrected chi connectivity index (χ2v) is 7.52. The fourth-order valence-electron chi connectivity index (χ4n) is 3.05. The predicted molar refractivity (Wildman–Crippen MR) is 104 cm³/mol. The molecule has 0 spiro atoms. The molecule has 1 fully saturated rings. The first-order chi connectivity index (χ1) is 12.1. The number of likely N-dealkylation sites (tertiary alicyclic amines) is 1. The van der Waals surface area contributed by atoms with Crippen molar-refractivity contribution in [3.05, 3.63) is 46.8 Å². The first kappa shape index (κ1) is 20.5. The number of nitrogens with zero attached hydrogens (tertiary/aromatic N) is 1. The number of nitrogens with one attached hydrogen (secondary N) is 1. The van der Waals surface area contributed by atoms with E-state index in [4.69, 9.17) is 11.5 Å². The molecular weight excluding hydrogens is 357 g/mol. The van der Waals surface area contributed by atoms with E-state index < -0.39 is 5.66 Å². The fourth-order valence-corrected chi connectivity index (χ4v) is 3.23. The molecule has 2 unspecified atom stereocenters. The first-order valence-corrected chi connectivity index (χ1v) is 9.05. The molecular formula is C18H27F2N4OP. The average Bonchev–Trinajstić information content (AvgIpc) is 2.53. The van der Waals surface area contributed by atoms with E-state index >= 15 is 0 Å². The van der Waals surface area contributed by atoms with E-state index in [2.05, 4.69) is 17.3 Å². The minimum absolute atomic E-state index is 0.274. The van der Waals surface area contributed by atoms with Crippen LogP contribution in [0.25, 0.3) is 5.70 Å². The van der Waals surface area contributed by atoms with Gasteiger partial charge in [-0.15, -0.1) is 0 Å². The van der Waals surface area contributed by atoms with E-state index in [0.29, 0.717) is 17.0 Å². The molecule has 1 saturated heterocycles. The number of allylic oxidation sites excluding steroid dienone is 2. The number of hydrogen-bond acceptors (Lipinski definition) is 5. The van der Waals surface area contributed by atoms with Crippen LogP contribution in [0.3, 0.4) is 0 Å². The van der Waals surface area contributed by atoms with Gasteiger partial charge >= 0.3 is 0 Å². The molecule has 5 nitrogen and oxygen atoms in total. The molecule has 6 N–H and O–H groups in total. The summed E-state index contributed by atoms with van der Waals surface area (Å²) in [6, 6.07) is 3.92. The van der Waals surface area contributed by atoms with Gasteiger partial charge in [0.2, 0.25) is 0 Å². The van der Waals surface area contributed by atoms with Crippen molar-refractivity contribution in [3.8, 4) is 5.75 Å². The van der Waals surface area contributed by atoms with E-state index in [1.807, 2.05) is 0 Å².